The van der Waals surface area contributed by atoms with E-state index in [9.17, 15) is 0 Å². The van der Waals surface area contributed by atoms with E-state index in [0.717, 1.165) is 77.4 Å². The van der Waals surface area contributed by atoms with Crippen LogP contribution in [0.4, 0.5) is 17.1 Å². The van der Waals surface area contributed by atoms with E-state index in [1.54, 1.807) is 0 Å². The van der Waals surface area contributed by atoms with Crippen molar-refractivity contribution in [2.75, 3.05) is 4.90 Å². The summed E-state index contributed by atoms with van der Waals surface area (Å²) in [5.41, 5.74) is 11.4. The predicted molar refractivity (Wildman–Crippen MR) is 237 cm³/mol. The molecule has 6 nitrogen and oxygen atoms in total. The van der Waals surface area contributed by atoms with Gasteiger partial charge in [-0.2, -0.15) is 9.97 Å². The molecule has 0 spiro atoms. The molecule has 0 N–H and O–H groups in total. The number of benzene rings is 8. The van der Waals surface area contributed by atoms with Crippen LogP contribution in [0, 0.1) is 0 Å². The molecule has 0 aliphatic carbocycles. The molecule has 4 heterocycles. The molecule has 0 bridgehead atoms. The van der Waals surface area contributed by atoms with Crippen molar-refractivity contribution in [3.63, 3.8) is 0 Å². The van der Waals surface area contributed by atoms with E-state index in [0.29, 0.717) is 17.6 Å². The van der Waals surface area contributed by atoms with E-state index < -0.39 is 0 Å². The van der Waals surface area contributed by atoms with Crippen LogP contribution in [0.5, 0.6) is 0 Å². The van der Waals surface area contributed by atoms with Crippen molar-refractivity contribution in [3.8, 4) is 39.9 Å². The summed E-state index contributed by atoms with van der Waals surface area (Å²) in [7, 11) is 0. The smallest absolute Gasteiger partial charge is 0.238 e. The van der Waals surface area contributed by atoms with E-state index in [2.05, 4.69) is 125 Å². The maximum absolute atomic E-state index is 6.20. The van der Waals surface area contributed by atoms with Crippen LogP contribution in [0.25, 0.3) is 83.6 Å². The van der Waals surface area contributed by atoms with Gasteiger partial charge in [0.1, 0.15) is 11.2 Å². The lowest BCUT2D eigenvalue weighted by atomic mass is 10.0. The third kappa shape index (κ3) is 5.25. The first-order valence-electron chi connectivity index (χ1n) is 19.3. The molecular formula is C51H31N5OS. The Labute approximate surface area is 337 Å². The molecule has 0 atom stereocenters. The van der Waals surface area contributed by atoms with Gasteiger partial charge in [-0.3, -0.25) is 4.57 Å². The van der Waals surface area contributed by atoms with Crippen LogP contribution in [-0.2, 0) is 0 Å². The zero-order chi connectivity index (χ0) is 38.2. The molecule has 0 radical (unpaired) electrons. The van der Waals surface area contributed by atoms with Gasteiger partial charge < -0.3 is 9.32 Å². The molecule has 1 aliphatic heterocycles. The molecule has 1 aliphatic rings. The molecule has 0 unspecified atom stereocenters. The minimum atomic E-state index is 0.581. The summed E-state index contributed by atoms with van der Waals surface area (Å²) in [5, 5.41) is 4.50. The van der Waals surface area contributed by atoms with Crippen molar-refractivity contribution in [2.45, 2.75) is 9.79 Å². The summed E-state index contributed by atoms with van der Waals surface area (Å²) in [5.74, 6) is 1.84. The number of hydrogen-bond acceptors (Lipinski definition) is 6. The van der Waals surface area contributed by atoms with Crippen molar-refractivity contribution in [1.82, 2.24) is 19.5 Å². The Balaban J connectivity index is 0.994. The molecule has 0 fully saturated rings. The number of fused-ring (bicyclic) bond motifs is 8. The van der Waals surface area contributed by atoms with Crippen LogP contribution in [0.3, 0.4) is 0 Å². The highest BCUT2D eigenvalue weighted by atomic mass is 32.2. The number of para-hydroxylation sites is 3. The summed E-state index contributed by atoms with van der Waals surface area (Å²) in [4.78, 5) is 20.0. The highest BCUT2D eigenvalue weighted by molar-refractivity contribution is 7.99. The molecule has 0 saturated heterocycles. The third-order valence-corrected chi connectivity index (χ3v) is 12.2. The van der Waals surface area contributed by atoms with Crippen LogP contribution in [0.1, 0.15) is 0 Å². The Morgan fingerprint density at radius 2 is 1.02 bits per heavy atom. The first-order chi connectivity index (χ1) is 28.7. The van der Waals surface area contributed by atoms with Gasteiger partial charge in [0.2, 0.25) is 5.95 Å². The summed E-state index contributed by atoms with van der Waals surface area (Å²) in [6.45, 7) is 0. The van der Waals surface area contributed by atoms with Gasteiger partial charge in [-0.25, -0.2) is 4.98 Å². The molecule has 8 aromatic carbocycles. The molecule has 7 heteroatoms. The maximum Gasteiger partial charge on any atom is 0.238 e. The average Bonchev–Trinajstić information content (AvgIpc) is 3.83. The van der Waals surface area contributed by atoms with Crippen molar-refractivity contribution in [2.24, 2.45) is 0 Å². The molecule has 11 aromatic rings. The summed E-state index contributed by atoms with van der Waals surface area (Å²) < 4.78 is 8.37. The molecule has 0 saturated carbocycles. The quantitative estimate of drug-likeness (QED) is 0.174. The number of rotatable bonds is 5. The number of hydrogen-bond donors (Lipinski definition) is 0. The monoisotopic (exact) mass is 761 g/mol. The summed E-state index contributed by atoms with van der Waals surface area (Å²) in [6, 6.07) is 65.7. The van der Waals surface area contributed by atoms with E-state index >= 15 is 0 Å². The fraction of sp³-hybridized carbons (Fsp3) is 0. The highest BCUT2D eigenvalue weighted by Crippen LogP contribution is 2.53. The van der Waals surface area contributed by atoms with Crippen molar-refractivity contribution < 1.29 is 4.42 Å². The van der Waals surface area contributed by atoms with Gasteiger partial charge in [0.25, 0.3) is 0 Å². The molecule has 12 rings (SSSR count). The average molecular weight is 762 g/mol. The molecule has 272 valence electrons. The Kier molecular flexibility index (Phi) is 7.36. The number of furan rings is 1. The van der Waals surface area contributed by atoms with E-state index in [1.165, 1.54) is 15.5 Å². The zero-order valence-electron chi connectivity index (χ0n) is 31.0. The molecule has 58 heavy (non-hydrogen) atoms. The van der Waals surface area contributed by atoms with Crippen LogP contribution in [0.15, 0.2) is 202 Å². The fourth-order valence-electron chi connectivity index (χ4n) is 8.33. The second-order valence-electron chi connectivity index (χ2n) is 14.5. The standard InChI is InChI=1S/C51H31N5OS/c1-3-13-32(14-4-1)49-52-50(33-15-5-2-6-16-33)54-51(53-49)56-41-19-9-7-17-37(41)39-29-34(23-26-42(39)56)35-24-27-44-48(30-35)58-47-22-12-10-20-43(47)55(44)36-25-28-46-40(31-36)38-18-8-11-21-45(38)57-46/h1-31H. The molecule has 0 amide bonds. The van der Waals surface area contributed by atoms with Crippen LogP contribution in [-0.4, -0.2) is 19.5 Å². The lowest BCUT2D eigenvalue weighted by Crippen LogP contribution is -2.14. The van der Waals surface area contributed by atoms with Crippen molar-refractivity contribution in [1.29, 1.82) is 0 Å². The largest absolute Gasteiger partial charge is 0.456 e. The van der Waals surface area contributed by atoms with Gasteiger partial charge in [-0.15, -0.1) is 0 Å². The molecule has 3 aromatic heterocycles. The lowest BCUT2D eigenvalue weighted by Gasteiger charge is -2.33. The summed E-state index contributed by atoms with van der Waals surface area (Å²) in [6.07, 6.45) is 0. The Bertz CT molecular complexity index is 3330. The van der Waals surface area contributed by atoms with Gasteiger partial charge in [-0.1, -0.05) is 133 Å². The highest BCUT2D eigenvalue weighted by Gasteiger charge is 2.26. The second-order valence-corrected chi connectivity index (χ2v) is 15.5. The van der Waals surface area contributed by atoms with Crippen LogP contribution >= 0.6 is 11.8 Å². The fourth-order valence-corrected chi connectivity index (χ4v) is 9.43. The normalized spacial score (nSPS) is 12.4. The lowest BCUT2D eigenvalue weighted by molar-refractivity contribution is 0.669. The van der Waals surface area contributed by atoms with Gasteiger partial charge in [-0.05, 0) is 77.9 Å². The van der Waals surface area contributed by atoms with Crippen LogP contribution in [0.2, 0.25) is 0 Å². The van der Waals surface area contributed by atoms with Gasteiger partial charge in [0.15, 0.2) is 11.6 Å². The first kappa shape index (κ1) is 32.7. The van der Waals surface area contributed by atoms with Gasteiger partial charge in [0.05, 0.1) is 22.4 Å². The van der Waals surface area contributed by atoms with Crippen LogP contribution < -0.4 is 4.90 Å². The predicted octanol–water partition coefficient (Wildman–Crippen LogP) is 13.8. The van der Waals surface area contributed by atoms with Gasteiger partial charge in [0, 0.05) is 48.2 Å². The SMILES string of the molecule is c1ccc(-c2nc(-c3ccccc3)nc(-n3c4ccccc4c4cc(-c5ccc6c(c5)Sc5ccccc5N6c5ccc6oc7ccccc7c6c5)ccc43)n2)cc1. The Hall–Kier alpha value is -7.48. The van der Waals surface area contributed by atoms with E-state index in [1.807, 2.05) is 84.6 Å². The Morgan fingerprint density at radius 1 is 0.397 bits per heavy atom. The maximum atomic E-state index is 6.20. The second kappa shape index (κ2) is 13.0. The Morgan fingerprint density at radius 3 is 1.83 bits per heavy atom. The summed E-state index contributed by atoms with van der Waals surface area (Å²) >= 11 is 1.82. The molecular weight excluding hydrogens is 731 g/mol. The minimum Gasteiger partial charge on any atom is -0.456 e. The third-order valence-electron chi connectivity index (χ3n) is 11.0. The van der Waals surface area contributed by atoms with E-state index in [-0.39, 0.29) is 0 Å². The zero-order valence-corrected chi connectivity index (χ0v) is 31.8. The topological polar surface area (TPSA) is 60.0 Å². The number of aromatic nitrogens is 4. The number of anilines is 3. The van der Waals surface area contributed by atoms with Crippen molar-refractivity contribution in [3.05, 3.63) is 188 Å². The first-order valence-corrected chi connectivity index (χ1v) is 20.1. The van der Waals surface area contributed by atoms with Crippen molar-refractivity contribution >= 4 is 72.6 Å². The van der Waals surface area contributed by atoms with Gasteiger partial charge >= 0.3 is 0 Å². The van der Waals surface area contributed by atoms with E-state index in [4.69, 9.17) is 19.4 Å². The number of nitrogens with zero attached hydrogens (tertiary/aromatic N) is 5. The minimum absolute atomic E-state index is 0.581.